The van der Waals surface area contributed by atoms with E-state index in [1.165, 1.54) is 20.4 Å². The third kappa shape index (κ3) is 4.48. The molecule has 0 aliphatic rings. The molecule has 0 spiro atoms. The summed E-state index contributed by atoms with van der Waals surface area (Å²) in [5.74, 6) is 1.54. The van der Waals surface area contributed by atoms with Gasteiger partial charge in [-0.25, -0.2) is 9.97 Å². The largest absolute Gasteiger partial charge is 0.493 e. The maximum Gasteiger partial charge on any atom is 0.276 e. The summed E-state index contributed by atoms with van der Waals surface area (Å²) in [5, 5.41) is 5.84. The minimum absolute atomic E-state index is 0.0448. The molecule has 0 fully saturated rings. The summed E-state index contributed by atoms with van der Waals surface area (Å²) in [6.45, 7) is 0.380. The van der Waals surface area contributed by atoms with E-state index in [-0.39, 0.29) is 16.7 Å². The van der Waals surface area contributed by atoms with Crippen LogP contribution in [0.5, 0.6) is 11.5 Å². The van der Waals surface area contributed by atoms with Gasteiger partial charge in [-0.2, -0.15) is 0 Å². The van der Waals surface area contributed by atoms with Crippen LogP contribution in [0.1, 0.15) is 16.2 Å². The minimum Gasteiger partial charge on any atom is -0.493 e. The fraction of sp³-hybridized carbons (Fsp3) is 0.167. The molecule has 0 saturated carbocycles. The molecule has 1 amide bonds. The number of hydrogen-bond donors (Lipinski definition) is 2. The van der Waals surface area contributed by atoms with Gasteiger partial charge in [0.05, 0.1) is 38.2 Å². The number of hydrogen-bond acceptors (Lipinski definition) is 7. The molecular formula is C18H17ClN4O4. The Morgan fingerprint density at radius 3 is 2.74 bits per heavy atom. The molecule has 2 aromatic heterocycles. The fourth-order valence-electron chi connectivity index (χ4n) is 2.30. The van der Waals surface area contributed by atoms with Crippen LogP contribution in [0.3, 0.4) is 0 Å². The Morgan fingerprint density at radius 2 is 2.04 bits per heavy atom. The Hall–Kier alpha value is -3.26. The van der Waals surface area contributed by atoms with Crippen LogP contribution < -0.4 is 20.1 Å². The first-order valence-electron chi connectivity index (χ1n) is 7.93. The smallest absolute Gasteiger partial charge is 0.276 e. The molecule has 0 unspecified atom stereocenters. The van der Waals surface area contributed by atoms with Gasteiger partial charge in [-0.3, -0.25) is 4.79 Å². The average Bonchev–Trinajstić information content (AvgIpc) is 3.20. The number of nitrogens with zero attached hydrogens (tertiary/aromatic N) is 2. The lowest BCUT2D eigenvalue weighted by molar-refractivity contribution is 0.102. The summed E-state index contributed by atoms with van der Waals surface area (Å²) in [6, 6.07) is 8.61. The molecule has 0 saturated heterocycles. The molecule has 0 aliphatic heterocycles. The molecule has 3 rings (SSSR count). The number of nitrogens with one attached hydrogen (secondary N) is 2. The first kappa shape index (κ1) is 18.5. The quantitative estimate of drug-likeness (QED) is 0.637. The number of ether oxygens (including phenoxy) is 2. The van der Waals surface area contributed by atoms with E-state index < -0.39 is 5.91 Å². The van der Waals surface area contributed by atoms with Crippen molar-refractivity contribution in [2.45, 2.75) is 6.54 Å². The van der Waals surface area contributed by atoms with E-state index in [2.05, 4.69) is 20.6 Å². The van der Waals surface area contributed by atoms with Crippen molar-refractivity contribution in [2.75, 3.05) is 24.9 Å². The van der Waals surface area contributed by atoms with Crippen molar-refractivity contribution in [3.63, 3.8) is 0 Å². The molecule has 140 valence electrons. The number of furan rings is 1. The lowest BCUT2D eigenvalue weighted by atomic mass is 10.2. The van der Waals surface area contributed by atoms with Gasteiger partial charge < -0.3 is 24.5 Å². The van der Waals surface area contributed by atoms with E-state index >= 15 is 0 Å². The van der Waals surface area contributed by atoms with Crippen molar-refractivity contribution in [3.8, 4) is 11.5 Å². The lowest BCUT2D eigenvalue weighted by Crippen LogP contribution is -2.16. The van der Waals surface area contributed by atoms with E-state index in [0.29, 0.717) is 29.5 Å². The first-order valence-corrected chi connectivity index (χ1v) is 8.30. The SMILES string of the molecule is COc1ccc(NC(=O)c2nc(NCc3ccco3)ncc2Cl)cc1OC. The summed E-state index contributed by atoms with van der Waals surface area (Å²) < 4.78 is 15.6. The van der Waals surface area contributed by atoms with Crippen molar-refractivity contribution in [1.29, 1.82) is 0 Å². The van der Waals surface area contributed by atoms with Crippen molar-refractivity contribution >= 4 is 29.1 Å². The third-order valence-electron chi connectivity index (χ3n) is 3.60. The molecule has 1 aromatic carbocycles. The van der Waals surface area contributed by atoms with Crippen molar-refractivity contribution in [1.82, 2.24) is 9.97 Å². The maximum atomic E-state index is 12.6. The average molecular weight is 389 g/mol. The highest BCUT2D eigenvalue weighted by Crippen LogP contribution is 2.30. The topological polar surface area (TPSA) is 98.5 Å². The van der Waals surface area contributed by atoms with Crippen LogP contribution in [0, 0.1) is 0 Å². The number of carbonyl (C=O) groups is 1. The van der Waals surface area contributed by atoms with Gasteiger partial charge in [-0.1, -0.05) is 11.6 Å². The number of halogens is 1. The molecule has 9 heteroatoms. The highest BCUT2D eigenvalue weighted by molar-refractivity contribution is 6.34. The van der Waals surface area contributed by atoms with E-state index in [4.69, 9.17) is 25.5 Å². The van der Waals surface area contributed by atoms with E-state index in [0.717, 1.165) is 0 Å². The molecule has 0 bridgehead atoms. The molecule has 0 radical (unpaired) electrons. The maximum absolute atomic E-state index is 12.6. The number of carbonyl (C=O) groups excluding carboxylic acids is 1. The van der Waals surface area contributed by atoms with Crippen molar-refractivity contribution < 1.29 is 18.7 Å². The van der Waals surface area contributed by atoms with Crippen LogP contribution in [0.4, 0.5) is 11.6 Å². The Balaban J connectivity index is 1.74. The fourth-order valence-corrected chi connectivity index (χ4v) is 2.47. The first-order chi connectivity index (χ1) is 13.1. The van der Waals surface area contributed by atoms with E-state index in [1.54, 1.807) is 30.5 Å². The number of methoxy groups -OCH3 is 2. The number of amides is 1. The molecule has 0 atom stereocenters. The zero-order chi connectivity index (χ0) is 19.2. The molecule has 2 heterocycles. The van der Waals surface area contributed by atoms with Crippen LogP contribution >= 0.6 is 11.6 Å². The summed E-state index contributed by atoms with van der Waals surface area (Å²) in [7, 11) is 3.05. The van der Waals surface area contributed by atoms with Crippen LogP contribution in [0.25, 0.3) is 0 Å². The predicted molar refractivity (Wildman–Crippen MR) is 101 cm³/mol. The summed E-state index contributed by atoms with van der Waals surface area (Å²) in [6.07, 6.45) is 2.93. The van der Waals surface area contributed by atoms with Gasteiger partial charge in [0.2, 0.25) is 5.95 Å². The van der Waals surface area contributed by atoms with Crippen LogP contribution in [-0.4, -0.2) is 30.1 Å². The Kier molecular flexibility index (Phi) is 5.77. The van der Waals surface area contributed by atoms with Gasteiger partial charge in [-0.05, 0) is 24.3 Å². The van der Waals surface area contributed by atoms with Crippen LogP contribution in [0.2, 0.25) is 5.02 Å². The Morgan fingerprint density at radius 1 is 1.22 bits per heavy atom. The van der Waals surface area contributed by atoms with Gasteiger partial charge in [0.15, 0.2) is 17.2 Å². The van der Waals surface area contributed by atoms with E-state index in [1.807, 2.05) is 6.07 Å². The van der Waals surface area contributed by atoms with Gasteiger partial charge in [0.25, 0.3) is 5.91 Å². The third-order valence-corrected chi connectivity index (χ3v) is 3.88. The Labute approximate surface area is 160 Å². The standard InChI is InChI=1S/C18H17ClN4O4/c1-25-14-6-5-11(8-15(14)26-2)22-17(24)16-13(19)10-21-18(23-16)20-9-12-4-3-7-27-12/h3-8,10H,9H2,1-2H3,(H,22,24)(H,20,21,23). The Bertz CT molecular complexity index is 931. The monoisotopic (exact) mass is 388 g/mol. The number of anilines is 2. The van der Waals surface area contributed by atoms with Gasteiger partial charge in [-0.15, -0.1) is 0 Å². The van der Waals surface area contributed by atoms with Gasteiger partial charge >= 0.3 is 0 Å². The molecule has 27 heavy (non-hydrogen) atoms. The predicted octanol–water partition coefficient (Wildman–Crippen LogP) is 3.60. The van der Waals surface area contributed by atoms with Crippen molar-refractivity contribution in [2.24, 2.45) is 0 Å². The van der Waals surface area contributed by atoms with Crippen LogP contribution in [-0.2, 0) is 6.54 Å². The summed E-state index contributed by atoms with van der Waals surface area (Å²) >= 11 is 6.09. The molecular weight excluding hydrogens is 372 g/mol. The zero-order valence-electron chi connectivity index (χ0n) is 14.7. The van der Waals surface area contributed by atoms with E-state index in [9.17, 15) is 4.79 Å². The zero-order valence-corrected chi connectivity index (χ0v) is 15.4. The van der Waals surface area contributed by atoms with Gasteiger partial charge in [0, 0.05) is 11.8 Å². The highest BCUT2D eigenvalue weighted by atomic mass is 35.5. The lowest BCUT2D eigenvalue weighted by Gasteiger charge is -2.11. The van der Waals surface area contributed by atoms with Crippen LogP contribution in [0.15, 0.2) is 47.2 Å². The second-order valence-electron chi connectivity index (χ2n) is 5.35. The number of benzene rings is 1. The molecule has 0 aliphatic carbocycles. The molecule has 8 nitrogen and oxygen atoms in total. The normalized spacial score (nSPS) is 10.3. The second kappa shape index (κ2) is 8.41. The molecule has 2 N–H and O–H groups in total. The van der Waals surface area contributed by atoms with Gasteiger partial charge in [0.1, 0.15) is 5.76 Å². The number of aromatic nitrogens is 2. The second-order valence-corrected chi connectivity index (χ2v) is 5.75. The summed E-state index contributed by atoms with van der Waals surface area (Å²) in [4.78, 5) is 20.8. The van der Waals surface area contributed by atoms with Crippen molar-refractivity contribution in [3.05, 3.63) is 59.3 Å². The molecule has 3 aromatic rings. The summed E-state index contributed by atoms with van der Waals surface area (Å²) in [5.41, 5.74) is 0.556. The highest BCUT2D eigenvalue weighted by Gasteiger charge is 2.16. The number of rotatable bonds is 7. The minimum atomic E-state index is -0.476.